The minimum absolute atomic E-state index is 0.0740. The van der Waals surface area contributed by atoms with Gasteiger partial charge in [0.05, 0.1) is 13.2 Å². The summed E-state index contributed by atoms with van der Waals surface area (Å²) in [5.74, 6) is 0.468. The molecule has 0 saturated heterocycles. The molecule has 1 aromatic carbocycles. The van der Waals surface area contributed by atoms with E-state index < -0.39 is 12.0 Å². The molecule has 1 aromatic rings. The molecule has 1 atom stereocenters. The van der Waals surface area contributed by atoms with Crippen molar-refractivity contribution in [3.05, 3.63) is 23.8 Å². The first-order valence-corrected chi connectivity index (χ1v) is 6.23. The Balaban J connectivity index is 2.73. The Morgan fingerprint density at radius 3 is 2.53 bits per heavy atom. The van der Waals surface area contributed by atoms with Crippen LogP contribution >= 0.6 is 0 Å². The molecule has 0 fully saturated rings. The lowest BCUT2D eigenvalue weighted by molar-refractivity contribution is -0.139. The number of aliphatic carboxylic acids is 1. The highest BCUT2D eigenvalue weighted by Gasteiger charge is 2.11. The number of nitrogens with one attached hydrogen (secondary N) is 1. The number of benzene rings is 1. The van der Waals surface area contributed by atoms with Crippen molar-refractivity contribution >= 4 is 5.97 Å². The van der Waals surface area contributed by atoms with Gasteiger partial charge in [-0.05, 0) is 38.5 Å². The Hall–Kier alpha value is -1.75. The number of hydrogen-bond donors (Lipinski definition) is 2. The highest BCUT2D eigenvalue weighted by Crippen LogP contribution is 2.28. The van der Waals surface area contributed by atoms with Crippen LogP contribution in [0.3, 0.4) is 0 Å². The fourth-order valence-corrected chi connectivity index (χ4v) is 1.53. The molecule has 0 spiro atoms. The van der Waals surface area contributed by atoms with E-state index in [1.807, 2.05) is 32.0 Å². The normalized spacial score (nSPS) is 12.3. The van der Waals surface area contributed by atoms with E-state index in [2.05, 4.69) is 5.32 Å². The first-order valence-electron chi connectivity index (χ1n) is 6.23. The van der Waals surface area contributed by atoms with Crippen molar-refractivity contribution in [2.45, 2.75) is 39.5 Å². The first-order chi connectivity index (χ1) is 8.93. The second kappa shape index (κ2) is 6.99. The highest BCUT2D eigenvalue weighted by atomic mass is 16.5. The third kappa shape index (κ3) is 4.79. The summed E-state index contributed by atoms with van der Waals surface area (Å²) in [5, 5.41) is 11.7. The third-order valence-corrected chi connectivity index (χ3v) is 2.57. The van der Waals surface area contributed by atoms with Gasteiger partial charge in [0.25, 0.3) is 0 Å². The van der Waals surface area contributed by atoms with Crippen molar-refractivity contribution in [1.29, 1.82) is 0 Å². The van der Waals surface area contributed by atoms with Crippen LogP contribution in [0.5, 0.6) is 11.5 Å². The highest BCUT2D eigenvalue weighted by molar-refractivity contribution is 5.72. The monoisotopic (exact) mass is 267 g/mol. The summed E-state index contributed by atoms with van der Waals surface area (Å²) in [7, 11) is 1.58. The zero-order valence-electron chi connectivity index (χ0n) is 11.8. The lowest BCUT2D eigenvalue weighted by Crippen LogP contribution is -2.33. The molecule has 0 amide bonds. The molecule has 1 rings (SSSR count). The molecular weight excluding hydrogens is 246 g/mol. The average molecular weight is 267 g/mol. The Bertz CT molecular complexity index is 431. The van der Waals surface area contributed by atoms with E-state index in [0.717, 1.165) is 5.56 Å². The van der Waals surface area contributed by atoms with Gasteiger partial charge < -0.3 is 19.9 Å². The van der Waals surface area contributed by atoms with Crippen LogP contribution in [-0.4, -0.2) is 30.3 Å². The molecule has 0 unspecified atom stereocenters. The van der Waals surface area contributed by atoms with Crippen LogP contribution in [0, 0.1) is 0 Å². The maximum atomic E-state index is 10.7. The fraction of sp³-hybridized carbons (Fsp3) is 0.500. The van der Waals surface area contributed by atoms with Crippen molar-refractivity contribution < 1.29 is 19.4 Å². The summed E-state index contributed by atoms with van der Waals surface area (Å²) < 4.78 is 10.9. The Kier molecular flexibility index (Phi) is 5.63. The molecule has 0 aromatic heterocycles. The van der Waals surface area contributed by atoms with Gasteiger partial charge in [-0.15, -0.1) is 0 Å². The van der Waals surface area contributed by atoms with Gasteiger partial charge in [-0.3, -0.25) is 4.79 Å². The smallest absolute Gasteiger partial charge is 0.320 e. The van der Waals surface area contributed by atoms with Crippen LogP contribution in [0.2, 0.25) is 0 Å². The summed E-state index contributed by atoms with van der Waals surface area (Å²) >= 11 is 0. The van der Waals surface area contributed by atoms with Gasteiger partial charge >= 0.3 is 5.97 Å². The molecule has 0 aliphatic carbocycles. The standard InChI is InChI=1S/C14H21NO4/c1-9(2)19-12-6-5-11(7-13(12)18-4)8-15-10(3)14(16)17/h5-7,9-10,15H,8H2,1-4H3,(H,16,17)/t10-/m1/s1. The number of methoxy groups -OCH3 is 1. The summed E-state index contributed by atoms with van der Waals surface area (Å²) in [4.78, 5) is 10.7. The molecule has 2 N–H and O–H groups in total. The van der Waals surface area contributed by atoms with Crippen LogP contribution in [0.15, 0.2) is 18.2 Å². The Morgan fingerprint density at radius 1 is 1.32 bits per heavy atom. The number of hydrogen-bond acceptors (Lipinski definition) is 4. The number of carboxylic acid groups (broad SMARTS) is 1. The largest absolute Gasteiger partial charge is 0.493 e. The molecule has 19 heavy (non-hydrogen) atoms. The molecule has 5 nitrogen and oxygen atoms in total. The zero-order valence-corrected chi connectivity index (χ0v) is 11.8. The average Bonchev–Trinajstić information content (AvgIpc) is 2.36. The van der Waals surface area contributed by atoms with E-state index in [4.69, 9.17) is 14.6 Å². The lowest BCUT2D eigenvalue weighted by Gasteiger charge is -2.15. The lowest BCUT2D eigenvalue weighted by atomic mass is 10.2. The Labute approximate surface area is 113 Å². The number of ether oxygens (including phenoxy) is 2. The molecular formula is C14H21NO4. The van der Waals surface area contributed by atoms with E-state index in [0.29, 0.717) is 18.0 Å². The molecule has 0 aliphatic rings. The van der Waals surface area contributed by atoms with Gasteiger partial charge in [0.1, 0.15) is 6.04 Å². The van der Waals surface area contributed by atoms with Crippen molar-refractivity contribution in [2.75, 3.05) is 7.11 Å². The predicted octanol–water partition coefficient (Wildman–Crippen LogP) is 2.05. The van der Waals surface area contributed by atoms with Crippen LogP contribution in [0.1, 0.15) is 26.3 Å². The van der Waals surface area contributed by atoms with Gasteiger partial charge in [-0.25, -0.2) is 0 Å². The van der Waals surface area contributed by atoms with E-state index in [-0.39, 0.29) is 6.10 Å². The van der Waals surface area contributed by atoms with Crippen molar-refractivity contribution in [3.8, 4) is 11.5 Å². The van der Waals surface area contributed by atoms with Crippen LogP contribution in [-0.2, 0) is 11.3 Å². The van der Waals surface area contributed by atoms with Crippen molar-refractivity contribution in [3.63, 3.8) is 0 Å². The first kappa shape index (κ1) is 15.3. The molecule has 0 saturated carbocycles. The van der Waals surface area contributed by atoms with Crippen LogP contribution < -0.4 is 14.8 Å². The molecule has 0 radical (unpaired) electrons. The zero-order chi connectivity index (χ0) is 14.4. The van der Waals surface area contributed by atoms with E-state index in [9.17, 15) is 4.79 Å². The van der Waals surface area contributed by atoms with E-state index in [1.54, 1.807) is 14.0 Å². The van der Waals surface area contributed by atoms with E-state index in [1.165, 1.54) is 0 Å². The maximum absolute atomic E-state index is 10.7. The molecule has 106 valence electrons. The number of rotatable bonds is 7. The quantitative estimate of drug-likeness (QED) is 0.791. The number of carboxylic acids is 1. The van der Waals surface area contributed by atoms with Gasteiger partial charge in [-0.1, -0.05) is 6.07 Å². The Morgan fingerprint density at radius 2 is 2.00 bits per heavy atom. The van der Waals surface area contributed by atoms with Gasteiger partial charge in [0.2, 0.25) is 0 Å². The molecule has 5 heteroatoms. The summed E-state index contributed by atoms with van der Waals surface area (Å²) in [5.41, 5.74) is 0.945. The van der Waals surface area contributed by atoms with Gasteiger partial charge in [0.15, 0.2) is 11.5 Å². The predicted molar refractivity (Wildman–Crippen MR) is 72.7 cm³/mol. The van der Waals surface area contributed by atoms with Crippen LogP contribution in [0.4, 0.5) is 0 Å². The molecule has 0 heterocycles. The van der Waals surface area contributed by atoms with Gasteiger partial charge in [0, 0.05) is 6.54 Å². The summed E-state index contributed by atoms with van der Waals surface area (Å²) in [6.07, 6.45) is 0.0740. The second-order valence-corrected chi connectivity index (χ2v) is 4.59. The maximum Gasteiger partial charge on any atom is 0.320 e. The minimum Gasteiger partial charge on any atom is -0.493 e. The second-order valence-electron chi connectivity index (χ2n) is 4.59. The summed E-state index contributed by atoms with van der Waals surface area (Å²) in [6.45, 7) is 5.97. The van der Waals surface area contributed by atoms with Crippen LogP contribution in [0.25, 0.3) is 0 Å². The third-order valence-electron chi connectivity index (χ3n) is 2.57. The minimum atomic E-state index is -0.869. The van der Waals surface area contributed by atoms with Crippen molar-refractivity contribution in [2.24, 2.45) is 0 Å². The van der Waals surface area contributed by atoms with Crippen molar-refractivity contribution in [1.82, 2.24) is 5.32 Å². The van der Waals surface area contributed by atoms with Gasteiger partial charge in [-0.2, -0.15) is 0 Å². The van der Waals surface area contributed by atoms with E-state index >= 15 is 0 Å². The number of carbonyl (C=O) groups is 1. The summed E-state index contributed by atoms with van der Waals surface area (Å²) in [6, 6.07) is 4.99. The molecule has 0 aliphatic heterocycles. The topological polar surface area (TPSA) is 67.8 Å². The SMILES string of the molecule is COc1cc(CN[C@H](C)C(=O)O)ccc1OC(C)C. The molecule has 0 bridgehead atoms. The fourth-order valence-electron chi connectivity index (χ4n) is 1.53.